The molecule has 2 aliphatic rings. The average Bonchev–Trinajstić information content (AvgIpc) is 3.00. The maximum Gasteiger partial charge on any atom is 0.0233 e. The second kappa shape index (κ2) is 8.28. The molecule has 0 amide bonds. The number of benzene rings is 1. The molecule has 1 N–H and O–H groups in total. The van der Waals surface area contributed by atoms with Crippen molar-refractivity contribution in [2.24, 2.45) is 0 Å². The van der Waals surface area contributed by atoms with E-state index in [1.807, 2.05) is 0 Å². The van der Waals surface area contributed by atoms with Gasteiger partial charge in [0, 0.05) is 6.54 Å². The molecule has 0 aliphatic carbocycles. The van der Waals surface area contributed by atoms with Crippen LogP contribution in [0.5, 0.6) is 0 Å². The summed E-state index contributed by atoms with van der Waals surface area (Å²) in [6.07, 6.45) is 6.96. The molecule has 0 atom stereocenters. The van der Waals surface area contributed by atoms with Crippen LogP contribution in [0.1, 0.15) is 37.7 Å². The third-order valence-corrected chi connectivity index (χ3v) is 3.65. The molecule has 1 aromatic rings. The van der Waals surface area contributed by atoms with Crippen LogP contribution in [0.25, 0.3) is 0 Å². The van der Waals surface area contributed by atoms with Gasteiger partial charge in [-0.1, -0.05) is 36.8 Å². The molecule has 100 valence electrons. The van der Waals surface area contributed by atoms with Crippen LogP contribution in [0.2, 0.25) is 0 Å². The molecule has 2 heteroatoms. The van der Waals surface area contributed by atoms with E-state index in [4.69, 9.17) is 0 Å². The van der Waals surface area contributed by atoms with Crippen LogP contribution in [0.3, 0.4) is 0 Å². The van der Waals surface area contributed by atoms with Crippen molar-refractivity contribution < 1.29 is 0 Å². The summed E-state index contributed by atoms with van der Waals surface area (Å²) in [6.45, 7) is 6.21. The van der Waals surface area contributed by atoms with Gasteiger partial charge in [0.25, 0.3) is 0 Å². The predicted molar refractivity (Wildman–Crippen MR) is 77.7 cm³/mol. The summed E-state index contributed by atoms with van der Waals surface area (Å²) in [5.41, 5.74) is 1.45. The molecule has 2 nitrogen and oxygen atoms in total. The Balaban J connectivity index is 0.000000202. The Morgan fingerprint density at radius 1 is 0.833 bits per heavy atom. The molecule has 1 aromatic carbocycles. The van der Waals surface area contributed by atoms with Crippen molar-refractivity contribution in [1.29, 1.82) is 0 Å². The van der Waals surface area contributed by atoms with Gasteiger partial charge in [0.15, 0.2) is 0 Å². The third-order valence-electron chi connectivity index (χ3n) is 3.65. The minimum atomic E-state index is 1.14. The van der Waals surface area contributed by atoms with E-state index in [9.17, 15) is 0 Å². The standard InChI is InChI=1S/C12H17N.C4H9N/c1-3-7-12(8-4-1)11-13-9-5-2-6-10-13;1-2-4-5-3-1/h1,3-4,7-8H,2,5-6,9-11H2;5H,1-4H2. The highest BCUT2D eigenvalue weighted by molar-refractivity contribution is 5.14. The first-order valence-electron chi connectivity index (χ1n) is 7.42. The second-order valence-electron chi connectivity index (χ2n) is 5.28. The Morgan fingerprint density at radius 2 is 1.50 bits per heavy atom. The fraction of sp³-hybridized carbons (Fsp3) is 0.625. The van der Waals surface area contributed by atoms with Gasteiger partial charge < -0.3 is 5.32 Å². The molecular formula is C16H26N2. The molecule has 0 radical (unpaired) electrons. The fourth-order valence-electron chi connectivity index (χ4n) is 2.58. The van der Waals surface area contributed by atoms with Crippen LogP contribution >= 0.6 is 0 Å². The number of likely N-dealkylation sites (tertiary alicyclic amines) is 1. The van der Waals surface area contributed by atoms with Crippen molar-refractivity contribution >= 4 is 0 Å². The van der Waals surface area contributed by atoms with E-state index < -0.39 is 0 Å². The summed E-state index contributed by atoms with van der Waals surface area (Å²) < 4.78 is 0. The first-order valence-corrected chi connectivity index (χ1v) is 7.42. The van der Waals surface area contributed by atoms with Crippen molar-refractivity contribution in [3.63, 3.8) is 0 Å². The van der Waals surface area contributed by atoms with E-state index >= 15 is 0 Å². The lowest BCUT2D eigenvalue weighted by atomic mass is 10.1. The van der Waals surface area contributed by atoms with Gasteiger partial charge in [-0.25, -0.2) is 0 Å². The minimum absolute atomic E-state index is 1.14. The fourth-order valence-corrected chi connectivity index (χ4v) is 2.58. The van der Waals surface area contributed by atoms with Crippen LogP contribution < -0.4 is 5.32 Å². The summed E-state index contributed by atoms with van der Waals surface area (Å²) in [5.74, 6) is 0. The minimum Gasteiger partial charge on any atom is -0.317 e. The Kier molecular flexibility index (Phi) is 6.24. The smallest absolute Gasteiger partial charge is 0.0233 e. The van der Waals surface area contributed by atoms with Crippen LogP contribution in [0.15, 0.2) is 30.3 Å². The number of nitrogens with zero attached hydrogens (tertiary/aromatic N) is 1. The van der Waals surface area contributed by atoms with Crippen LogP contribution in [0.4, 0.5) is 0 Å². The average molecular weight is 246 g/mol. The molecule has 2 saturated heterocycles. The molecule has 2 aliphatic heterocycles. The van der Waals surface area contributed by atoms with E-state index in [0.717, 1.165) is 6.54 Å². The predicted octanol–water partition coefficient (Wildman–Crippen LogP) is 3.04. The van der Waals surface area contributed by atoms with Crippen LogP contribution in [0, 0.1) is 0 Å². The summed E-state index contributed by atoms with van der Waals surface area (Å²) in [6, 6.07) is 10.8. The second-order valence-corrected chi connectivity index (χ2v) is 5.28. The molecule has 0 bridgehead atoms. The summed E-state index contributed by atoms with van der Waals surface area (Å²) in [4.78, 5) is 2.55. The van der Waals surface area contributed by atoms with Gasteiger partial charge in [0.2, 0.25) is 0 Å². The first-order chi connectivity index (χ1) is 8.95. The molecule has 2 fully saturated rings. The largest absolute Gasteiger partial charge is 0.317 e. The van der Waals surface area contributed by atoms with Crippen molar-refractivity contribution in [2.75, 3.05) is 26.2 Å². The lowest BCUT2D eigenvalue weighted by molar-refractivity contribution is 0.221. The topological polar surface area (TPSA) is 15.3 Å². The van der Waals surface area contributed by atoms with Gasteiger partial charge in [-0.2, -0.15) is 0 Å². The van der Waals surface area contributed by atoms with Crippen molar-refractivity contribution in [2.45, 2.75) is 38.6 Å². The van der Waals surface area contributed by atoms with E-state index in [1.165, 1.54) is 63.8 Å². The normalized spacial score (nSPS) is 20.2. The quantitative estimate of drug-likeness (QED) is 0.863. The number of hydrogen-bond donors (Lipinski definition) is 1. The zero-order valence-electron chi connectivity index (χ0n) is 11.4. The molecular weight excluding hydrogens is 220 g/mol. The van der Waals surface area contributed by atoms with Crippen LogP contribution in [-0.2, 0) is 6.54 Å². The van der Waals surface area contributed by atoms with E-state index in [0.29, 0.717) is 0 Å². The number of piperidine rings is 1. The summed E-state index contributed by atoms with van der Waals surface area (Å²) in [7, 11) is 0. The van der Waals surface area contributed by atoms with Gasteiger partial charge in [0.05, 0.1) is 0 Å². The Hall–Kier alpha value is -0.860. The van der Waals surface area contributed by atoms with Gasteiger partial charge in [-0.3, -0.25) is 4.90 Å². The van der Waals surface area contributed by atoms with Gasteiger partial charge in [-0.15, -0.1) is 0 Å². The van der Waals surface area contributed by atoms with Gasteiger partial charge in [0.1, 0.15) is 0 Å². The van der Waals surface area contributed by atoms with Gasteiger partial charge in [-0.05, 0) is 57.4 Å². The molecule has 18 heavy (non-hydrogen) atoms. The van der Waals surface area contributed by atoms with Gasteiger partial charge >= 0.3 is 0 Å². The van der Waals surface area contributed by atoms with E-state index in [2.05, 4.69) is 40.5 Å². The zero-order chi connectivity index (χ0) is 12.5. The maximum absolute atomic E-state index is 3.22. The molecule has 0 saturated carbocycles. The molecule has 2 heterocycles. The summed E-state index contributed by atoms with van der Waals surface area (Å²) >= 11 is 0. The molecule has 3 rings (SSSR count). The monoisotopic (exact) mass is 246 g/mol. The highest BCUT2D eigenvalue weighted by atomic mass is 15.1. The summed E-state index contributed by atoms with van der Waals surface area (Å²) in [5, 5.41) is 3.22. The molecule has 0 aromatic heterocycles. The molecule has 0 spiro atoms. The zero-order valence-corrected chi connectivity index (χ0v) is 11.4. The Labute approximate surface area is 111 Å². The number of rotatable bonds is 2. The SMILES string of the molecule is C1CCNC1.c1ccc(CN2CCCCC2)cc1. The van der Waals surface area contributed by atoms with Crippen molar-refractivity contribution in [1.82, 2.24) is 10.2 Å². The van der Waals surface area contributed by atoms with E-state index in [1.54, 1.807) is 0 Å². The van der Waals surface area contributed by atoms with Crippen molar-refractivity contribution in [3.05, 3.63) is 35.9 Å². The van der Waals surface area contributed by atoms with Crippen LogP contribution in [-0.4, -0.2) is 31.1 Å². The number of nitrogens with one attached hydrogen (secondary N) is 1. The highest BCUT2D eigenvalue weighted by Gasteiger charge is 2.09. The molecule has 0 unspecified atom stereocenters. The Morgan fingerprint density at radius 3 is 2.06 bits per heavy atom. The van der Waals surface area contributed by atoms with Crippen molar-refractivity contribution in [3.8, 4) is 0 Å². The number of hydrogen-bond acceptors (Lipinski definition) is 2. The maximum atomic E-state index is 3.22. The Bertz CT molecular complexity index is 293. The van der Waals surface area contributed by atoms with E-state index in [-0.39, 0.29) is 0 Å². The lowest BCUT2D eigenvalue weighted by Crippen LogP contribution is -2.28. The highest BCUT2D eigenvalue weighted by Crippen LogP contribution is 2.12. The first kappa shape index (κ1) is 13.6. The third kappa shape index (κ3) is 5.19. The lowest BCUT2D eigenvalue weighted by Gasteiger charge is -2.26.